The van der Waals surface area contributed by atoms with Crippen molar-refractivity contribution in [2.45, 2.75) is 51.2 Å². The Hall–Kier alpha value is -2.73. The average Bonchev–Trinajstić information content (AvgIpc) is 3.08. The molecule has 2 amide bonds. The van der Waals surface area contributed by atoms with Gasteiger partial charge in [-0.25, -0.2) is 4.39 Å². The summed E-state index contributed by atoms with van der Waals surface area (Å²) in [5, 5.41) is 6.27. The molecule has 0 aromatic heterocycles. The fraction of sp³-hybridized carbons (Fsp3) is 0.440. The number of benzene rings is 2. The molecule has 0 bridgehead atoms. The molecule has 2 aromatic carbocycles. The number of amides is 2. The first kappa shape index (κ1) is 21.5. The van der Waals surface area contributed by atoms with Crippen molar-refractivity contribution in [2.75, 3.05) is 13.1 Å². The van der Waals surface area contributed by atoms with Crippen molar-refractivity contribution in [3.05, 3.63) is 71.0 Å². The predicted molar refractivity (Wildman–Crippen MR) is 118 cm³/mol. The van der Waals surface area contributed by atoms with Gasteiger partial charge in [-0.3, -0.25) is 14.5 Å². The van der Waals surface area contributed by atoms with Gasteiger partial charge in [-0.15, -0.1) is 0 Å². The molecule has 4 rings (SSSR count). The number of carbonyl (C=O) groups excluding carboxylic acids is 2. The summed E-state index contributed by atoms with van der Waals surface area (Å²) in [6.07, 6.45) is 1.38. The van der Waals surface area contributed by atoms with Crippen LogP contribution in [0.15, 0.2) is 48.5 Å². The minimum atomic E-state index is -0.637. The Balaban J connectivity index is 1.60. The summed E-state index contributed by atoms with van der Waals surface area (Å²) >= 11 is 0. The van der Waals surface area contributed by atoms with E-state index in [9.17, 15) is 14.0 Å². The Kier molecular flexibility index (Phi) is 5.84. The van der Waals surface area contributed by atoms with Gasteiger partial charge in [-0.2, -0.15) is 0 Å². The second-order valence-corrected chi connectivity index (χ2v) is 9.27. The Morgan fingerprint density at radius 2 is 1.90 bits per heavy atom. The molecule has 1 unspecified atom stereocenters. The van der Waals surface area contributed by atoms with Crippen molar-refractivity contribution in [1.82, 2.24) is 15.5 Å². The van der Waals surface area contributed by atoms with E-state index in [1.807, 2.05) is 38.1 Å². The van der Waals surface area contributed by atoms with Gasteiger partial charge >= 0.3 is 0 Å². The standard InChI is InChI=1S/C25H30FN3O2/c1-16(2)27-24(31)22-14-29(17(3)12-18-8-10-20(26)11-9-18)15-25(22)13-19-6-4-5-7-21(19)23(30)28-25/h4-11,16-17,22H,12-15H2,1-3H3,(H,27,31)(H,28,30)/t17?,22-,25+/m0/s1. The van der Waals surface area contributed by atoms with Gasteiger partial charge in [-0.05, 0) is 62.9 Å². The lowest BCUT2D eigenvalue weighted by Crippen LogP contribution is -2.62. The summed E-state index contributed by atoms with van der Waals surface area (Å²) in [6.45, 7) is 7.19. The summed E-state index contributed by atoms with van der Waals surface area (Å²) in [5.41, 5.74) is 2.09. The van der Waals surface area contributed by atoms with Gasteiger partial charge in [0.25, 0.3) is 5.91 Å². The molecular formula is C25H30FN3O2. The number of rotatable bonds is 5. The van der Waals surface area contributed by atoms with Gasteiger partial charge in [0.15, 0.2) is 0 Å². The monoisotopic (exact) mass is 423 g/mol. The van der Waals surface area contributed by atoms with E-state index >= 15 is 0 Å². The highest BCUT2D eigenvalue weighted by Gasteiger charge is 2.53. The minimum absolute atomic E-state index is 0.0221. The van der Waals surface area contributed by atoms with Crippen LogP contribution in [0, 0.1) is 11.7 Å². The fourth-order valence-corrected chi connectivity index (χ4v) is 4.97. The van der Waals surface area contributed by atoms with Crippen LogP contribution in [-0.2, 0) is 17.6 Å². The highest BCUT2D eigenvalue weighted by Crippen LogP contribution is 2.37. The summed E-state index contributed by atoms with van der Waals surface area (Å²) in [4.78, 5) is 28.4. The average molecular weight is 424 g/mol. The molecule has 3 atom stereocenters. The molecule has 0 radical (unpaired) electrons. The number of nitrogens with one attached hydrogen (secondary N) is 2. The summed E-state index contributed by atoms with van der Waals surface area (Å²) in [7, 11) is 0. The lowest BCUT2D eigenvalue weighted by Gasteiger charge is -2.39. The first-order valence-electron chi connectivity index (χ1n) is 11.0. The molecule has 1 saturated heterocycles. The van der Waals surface area contributed by atoms with Crippen molar-refractivity contribution < 1.29 is 14.0 Å². The van der Waals surface area contributed by atoms with E-state index in [0.29, 0.717) is 25.1 Å². The second-order valence-electron chi connectivity index (χ2n) is 9.27. The zero-order valence-corrected chi connectivity index (χ0v) is 18.3. The summed E-state index contributed by atoms with van der Waals surface area (Å²) in [5.74, 6) is -0.725. The predicted octanol–water partition coefficient (Wildman–Crippen LogP) is 2.94. The normalized spacial score (nSPS) is 24.2. The molecule has 2 heterocycles. The number of hydrogen-bond acceptors (Lipinski definition) is 3. The zero-order valence-electron chi connectivity index (χ0n) is 18.3. The lowest BCUT2D eigenvalue weighted by molar-refractivity contribution is -0.126. The number of likely N-dealkylation sites (tertiary alicyclic amines) is 1. The van der Waals surface area contributed by atoms with Crippen LogP contribution in [0.25, 0.3) is 0 Å². The lowest BCUT2D eigenvalue weighted by atomic mass is 9.77. The Morgan fingerprint density at radius 1 is 1.19 bits per heavy atom. The van der Waals surface area contributed by atoms with Gasteiger partial charge in [0.1, 0.15) is 5.82 Å². The van der Waals surface area contributed by atoms with Crippen LogP contribution in [0.3, 0.4) is 0 Å². The van der Waals surface area contributed by atoms with Crippen molar-refractivity contribution in [2.24, 2.45) is 5.92 Å². The molecule has 164 valence electrons. The van der Waals surface area contributed by atoms with Crippen LogP contribution in [-0.4, -0.2) is 47.4 Å². The largest absolute Gasteiger partial charge is 0.354 e. The van der Waals surface area contributed by atoms with E-state index < -0.39 is 5.54 Å². The van der Waals surface area contributed by atoms with Crippen LogP contribution < -0.4 is 10.6 Å². The summed E-state index contributed by atoms with van der Waals surface area (Å²) < 4.78 is 13.3. The molecule has 0 aliphatic carbocycles. The van der Waals surface area contributed by atoms with E-state index in [-0.39, 0.29) is 35.6 Å². The molecule has 31 heavy (non-hydrogen) atoms. The maximum absolute atomic E-state index is 13.3. The zero-order chi connectivity index (χ0) is 22.2. The van der Waals surface area contributed by atoms with Gasteiger partial charge in [0, 0.05) is 30.7 Å². The molecule has 1 spiro atoms. The quantitative estimate of drug-likeness (QED) is 0.777. The Labute approximate surface area is 183 Å². The number of halogens is 1. The van der Waals surface area contributed by atoms with Gasteiger partial charge in [0.05, 0.1) is 11.5 Å². The molecule has 2 aliphatic heterocycles. The van der Waals surface area contributed by atoms with Crippen LogP contribution in [0.5, 0.6) is 0 Å². The molecule has 5 nitrogen and oxygen atoms in total. The van der Waals surface area contributed by atoms with Gasteiger partial charge in [-0.1, -0.05) is 30.3 Å². The van der Waals surface area contributed by atoms with Crippen molar-refractivity contribution in [3.63, 3.8) is 0 Å². The van der Waals surface area contributed by atoms with E-state index in [2.05, 4.69) is 22.5 Å². The second kappa shape index (κ2) is 8.42. The SMILES string of the molecule is CC(C)NC(=O)[C@@H]1CN(C(C)Cc2ccc(F)cc2)C[C@]12Cc1ccccc1C(=O)N2. The first-order valence-corrected chi connectivity index (χ1v) is 11.0. The summed E-state index contributed by atoms with van der Waals surface area (Å²) in [6, 6.07) is 14.4. The highest BCUT2D eigenvalue weighted by atomic mass is 19.1. The third kappa shape index (κ3) is 4.35. The maximum Gasteiger partial charge on any atom is 0.252 e. The number of hydrogen-bond donors (Lipinski definition) is 2. The Bertz CT molecular complexity index is 975. The highest BCUT2D eigenvalue weighted by molar-refractivity contribution is 5.98. The topological polar surface area (TPSA) is 61.4 Å². The number of carbonyl (C=O) groups is 2. The van der Waals surface area contributed by atoms with Crippen LogP contribution in [0.4, 0.5) is 4.39 Å². The minimum Gasteiger partial charge on any atom is -0.354 e. The third-order valence-corrected chi connectivity index (χ3v) is 6.51. The van der Waals surface area contributed by atoms with E-state index in [4.69, 9.17) is 0 Å². The Morgan fingerprint density at radius 3 is 2.61 bits per heavy atom. The first-order chi connectivity index (χ1) is 14.8. The van der Waals surface area contributed by atoms with E-state index in [0.717, 1.165) is 17.5 Å². The number of fused-ring (bicyclic) bond motifs is 1. The molecule has 6 heteroatoms. The number of nitrogens with zero attached hydrogens (tertiary/aromatic N) is 1. The molecule has 2 N–H and O–H groups in total. The fourth-order valence-electron chi connectivity index (χ4n) is 4.97. The molecule has 2 aliphatic rings. The van der Waals surface area contributed by atoms with Crippen LogP contribution in [0.2, 0.25) is 0 Å². The molecule has 0 saturated carbocycles. The third-order valence-electron chi connectivity index (χ3n) is 6.51. The van der Waals surface area contributed by atoms with Crippen LogP contribution in [0.1, 0.15) is 42.3 Å². The van der Waals surface area contributed by atoms with E-state index in [1.54, 1.807) is 12.1 Å². The van der Waals surface area contributed by atoms with Crippen LogP contribution >= 0.6 is 0 Å². The van der Waals surface area contributed by atoms with Gasteiger partial charge in [0.2, 0.25) is 5.91 Å². The van der Waals surface area contributed by atoms with E-state index in [1.165, 1.54) is 12.1 Å². The van der Waals surface area contributed by atoms with Gasteiger partial charge < -0.3 is 10.6 Å². The van der Waals surface area contributed by atoms with Crippen molar-refractivity contribution in [3.8, 4) is 0 Å². The van der Waals surface area contributed by atoms with Crippen molar-refractivity contribution >= 4 is 11.8 Å². The molecular weight excluding hydrogens is 393 g/mol. The maximum atomic E-state index is 13.3. The molecule has 1 fully saturated rings. The van der Waals surface area contributed by atoms with Crippen molar-refractivity contribution in [1.29, 1.82) is 0 Å². The molecule has 2 aromatic rings. The smallest absolute Gasteiger partial charge is 0.252 e.